The molecule has 0 bridgehead atoms. The summed E-state index contributed by atoms with van der Waals surface area (Å²) in [5.41, 5.74) is 2.96. The van der Waals surface area contributed by atoms with Crippen LogP contribution in [0.5, 0.6) is 0 Å². The monoisotopic (exact) mass is 315 g/mol. The van der Waals surface area contributed by atoms with Gasteiger partial charge >= 0.3 is 0 Å². The van der Waals surface area contributed by atoms with Crippen molar-refractivity contribution in [1.82, 2.24) is 9.78 Å². The largest absolute Gasteiger partial charge is 0.394 e. The van der Waals surface area contributed by atoms with Crippen LogP contribution in [-0.4, -0.2) is 27.4 Å². The molecule has 2 aromatic rings. The molecule has 0 unspecified atom stereocenters. The minimum atomic E-state index is -0.0241. The Bertz CT molecular complexity index is 662. The Morgan fingerprint density at radius 1 is 1.35 bits per heavy atom. The van der Waals surface area contributed by atoms with Crippen molar-refractivity contribution in [2.24, 2.45) is 5.92 Å². The number of aryl methyl sites for hydroxylation is 1. The molecule has 1 amide bonds. The van der Waals surface area contributed by atoms with E-state index in [1.807, 2.05) is 37.3 Å². The fourth-order valence-corrected chi connectivity index (χ4v) is 2.40. The molecular formula is C18H25N3O2. The molecule has 0 aliphatic rings. The zero-order valence-electron chi connectivity index (χ0n) is 14.0. The van der Waals surface area contributed by atoms with Crippen molar-refractivity contribution in [3.05, 3.63) is 35.9 Å². The van der Waals surface area contributed by atoms with Crippen LogP contribution in [0.4, 0.5) is 5.82 Å². The van der Waals surface area contributed by atoms with Gasteiger partial charge in [0.05, 0.1) is 18.8 Å². The van der Waals surface area contributed by atoms with Crippen molar-refractivity contribution in [2.45, 2.75) is 40.2 Å². The number of nitrogens with one attached hydrogen (secondary N) is 1. The molecule has 0 atom stereocenters. The van der Waals surface area contributed by atoms with Crippen LogP contribution in [0.1, 0.15) is 32.3 Å². The zero-order valence-corrected chi connectivity index (χ0v) is 14.0. The summed E-state index contributed by atoms with van der Waals surface area (Å²) in [5, 5.41) is 16.6. The Morgan fingerprint density at radius 3 is 2.74 bits per heavy atom. The fraction of sp³-hybridized carbons (Fsp3) is 0.444. The van der Waals surface area contributed by atoms with Gasteiger partial charge < -0.3 is 10.4 Å². The van der Waals surface area contributed by atoms with Gasteiger partial charge in [0.1, 0.15) is 5.82 Å². The summed E-state index contributed by atoms with van der Waals surface area (Å²) >= 11 is 0. The third-order valence-electron chi connectivity index (χ3n) is 3.73. The number of aromatic nitrogens is 2. The van der Waals surface area contributed by atoms with Gasteiger partial charge in [-0.15, -0.1) is 0 Å². The lowest BCUT2D eigenvalue weighted by molar-refractivity contribution is -0.116. The molecule has 0 spiro atoms. The molecule has 1 aromatic carbocycles. The number of hydrogen-bond donors (Lipinski definition) is 2. The van der Waals surface area contributed by atoms with E-state index in [1.165, 1.54) is 0 Å². The lowest BCUT2D eigenvalue weighted by atomic mass is 10.1. The first-order valence-electron chi connectivity index (χ1n) is 8.05. The van der Waals surface area contributed by atoms with Gasteiger partial charge in [-0.05, 0) is 24.8 Å². The maximum Gasteiger partial charge on any atom is 0.225 e. The van der Waals surface area contributed by atoms with Crippen LogP contribution < -0.4 is 5.32 Å². The summed E-state index contributed by atoms with van der Waals surface area (Å²) < 4.78 is 1.65. The number of hydrogen-bond acceptors (Lipinski definition) is 3. The van der Waals surface area contributed by atoms with Crippen LogP contribution in [0.25, 0.3) is 11.3 Å². The Balaban J connectivity index is 2.22. The van der Waals surface area contributed by atoms with E-state index in [0.29, 0.717) is 24.7 Å². The molecule has 0 saturated carbocycles. The number of carbonyl (C=O) groups excluding carboxylic acids is 1. The Morgan fingerprint density at radius 2 is 2.09 bits per heavy atom. The number of nitrogens with zero attached hydrogens (tertiary/aromatic N) is 2. The highest BCUT2D eigenvalue weighted by Crippen LogP contribution is 2.25. The van der Waals surface area contributed by atoms with E-state index in [1.54, 1.807) is 4.68 Å². The van der Waals surface area contributed by atoms with E-state index >= 15 is 0 Å². The summed E-state index contributed by atoms with van der Waals surface area (Å²) in [5.74, 6) is 1.10. The van der Waals surface area contributed by atoms with Gasteiger partial charge in [0.2, 0.25) is 5.91 Å². The second kappa shape index (κ2) is 7.92. The molecule has 1 heterocycles. The van der Waals surface area contributed by atoms with E-state index in [0.717, 1.165) is 23.2 Å². The van der Waals surface area contributed by atoms with Gasteiger partial charge in [0.25, 0.3) is 0 Å². The minimum absolute atomic E-state index is 0.0193. The predicted molar refractivity (Wildman–Crippen MR) is 92.2 cm³/mol. The molecule has 5 nitrogen and oxygen atoms in total. The first-order chi connectivity index (χ1) is 11.0. The highest BCUT2D eigenvalue weighted by Gasteiger charge is 2.13. The minimum Gasteiger partial charge on any atom is -0.394 e. The van der Waals surface area contributed by atoms with Crippen molar-refractivity contribution in [2.75, 3.05) is 11.9 Å². The molecule has 23 heavy (non-hydrogen) atoms. The van der Waals surface area contributed by atoms with Crippen LogP contribution in [0, 0.1) is 12.8 Å². The van der Waals surface area contributed by atoms with E-state index in [2.05, 4.69) is 24.3 Å². The number of aliphatic hydroxyl groups excluding tert-OH is 1. The van der Waals surface area contributed by atoms with Crippen LogP contribution >= 0.6 is 0 Å². The predicted octanol–water partition coefficient (Wildman–Crippen LogP) is 3.23. The maximum absolute atomic E-state index is 12.1. The van der Waals surface area contributed by atoms with Gasteiger partial charge in [0.15, 0.2) is 0 Å². The summed E-state index contributed by atoms with van der Waals surface area (Å²) in [6.45, 7) is 6.55. The Kier molecular flexibility index (Phi) is 5.93. The Labute approximate surface area is 137 Å². The molecule has 0 aliphatic carbocycles. The van der Waals surface area contributed by atoms with Gasteiger partial charge in [-0.25, -0.2) is 4.68 Å². The fourth-order valence-electron chi connectivity index (χ4n) is 2.40. The smallest absolute Gasteiger partial charge is 0.225 e. The van der Waals surface area contributed by atoms with Crippen molar-refractivity contribution in [1.29, 1.82) is 0 Å². The lowest BCUT2D eigenvalue weighted by Crippen LogP contribution is -2.16. The summed E-state index contributed by atoms with van der Waals surface area (Å²) in [6, 6.07) is 9.85. The van der Waals surface area contributed by atoms with Crippen LogP contribution in [0.15, 0.2) is 30.3 Å². The molecule has 2 N–H and O–H groups in total. The molecule has 5 heteroatoms. The van der Waals surface area contributed by atoms with Crippen molar-refractivity contribution in [3.63, 3.8) is 0 Å². The van der Waals surface area contributed by atoms with Gasteiger partial charge in [-0.3, -0.25) is 4.79 Å². The standard InChI is InChI=1S/C18H25N3O2/c1-13(2)8-9-18(23)19-17-12-16(20-21(17)10-11-22)15-7-5-4-6-14(15)3/h4-7,12-13,22H,8-11H2,1-3H3,(H,19,23). The molecule has 0 radical (unpaired) electrons. The van der Waals surface area contributed by atoms with Gasteiger partial charge in [-0.2, -0.15) is 5.10 Å². The maximum atomic E-state index is 12.1. The summed E-state index contributed by atoms with van der Waals surface area (Å²) in [6.07, 6.45) is 1.34. The number of amides is 1. The van der Waals surface area contributed by atoms with Crippen molar-refractivity contribution < 1.29 is 9.90 Å². The number of benzene rings is 1. The first-order valence-corrected chi connectivity index (χ1v) is 8.05. The van der Waals surface area contributed by atoms with Gasteiger partial charge in [-0.1, -0.05) is 38.1 Å². The third kappa shape index (κ3) is 4.66. The average molecular weight is 315 g/mol. The normalized spacial score (nSPS) is 11.0. The average Bonchev–Trinajstić information content (AvgIpc) is 2.89. The van der Waals surface area contributed by atoms with E-state index < -0.39 is 0 Å². The molecular weight excluding hydrogens is 290 g/mol. The van der Waals surface area contributed by atoms with E-state index in [4.69, 9.17) is 0 Å². The summed E-state index contributed by atoms with van der Waals surface area (Å²) in [7, 11) is 0. The molecule has 124 valence electrons. The quantitative estimate of drug-likeness (QED) is 0.824. The second-order valence-corrected chi connectivity index (χ2v) is 6.16. The van der Waals surface area contributed by atoms with Gasteiger partial charge in [0, 0.05) is 18.1 Å². The molecule has 0 saturated heterocycles. The molecule has 1 aromatic heterocycles. The van der Waals surface area contributed by atoms with Crippen LogP contribution in [0.2, 0.25) is 0 Å². The van der Waals surface area contributed by atoms with Crippen molar-refractivity contribution in [3.8, 4) is 11.3 Å². The lowest BCUT2D eigenvalue weighted by Gasteiger charge is -2.08. The Hall–Kier alpha value is -2.14. The summed E-state index contributed by atoms with van der Waals surface area (Å²) in [4.78, 5) is 12.1. The SMILES string of the molecule is Cc1ccccc1-c1cc(NC(=O)CCC(C)C)n(CCO)n1. The number of anilines is 1. The third-order valence-corrected chi connectivity index (χ3v) is 3.73. The highest BCUT2D eigenvalue weighted by atomic mass is 16.3. The number of rotatable bonds is 7. The molecule has 0 fully saturated rings. The van der Waals surface area contributed by atoms with Crippen LogP contribution in [0.3, 0.4) is 0 Å². The zero-order chi connectivity index (χ0) is 16.8. The first kappa shape index (κ1) is 17.2. The van der Waals surface area contributed by atoms with E-state index in [-0.39, 0.29) is 12.5 Å². The topological polar surface area (TPSA) is 67.2 Å². The highest BCUT2D eigenvalue weighted by molar-refractivity contribution is 5.90. The van der Waals surface area contributed by atoms with Crippen molar-refractivity contribution >= 4 is 11.7 Å². The molecule has 2 rings (SSSR count). The number of aliphatic hydroxyl groups is 1. The molecule has 0 aliphatic heterocycles. The van der Waals surface area contributed by atoms with Crippen LogP contribution in [-0.2, 0) is 11.3 Å². The number of carbonyl (C=O) groups is 1. The van der Waals surface area contributed by atoms with E-state index in [9.17, 15) is 9.90 Å². The second-order valence-electron chi connectivity index (χ2n) is 6.16.